The molecule has 0 aliphatic heterocycles. The minimum absolute atomic E-state index is 0. The first-order chi connectivity index (χ1) is 10.1. The van der Waals surface area contributed by atoms with E-state index >= 15 is 0 Å². The number of hydrogen-bond donors (Lipinski definition) is 1. The number of aromatic nitrogens is 4. The third kappa shape index (κ3) is 3.70. The normalized spacial score (nSPS) is 15.2. The lowest BCUT2D eigenvalue weighted by molar-refractivity contribution is 0.464. The van der Waals surface area contributed by atoms with Crippen LogP contribution < -0.4 is 5.32 Å². The molecule has 5 nitrogen and oxygen atoms in total. The highest BCUT2D eigenvalue weighted by atomic mass is 35.5. The average molecular weight is 324 g/mol. The van der Waals surface area contributed by atoms with Crippen molar-refractivity contribution in [3.8, 4) is 0 Å². The fraction of sp³-hybridized carbons (Fsp3) is 0.625. The summed E-state index contributed by atoms with van der Waals surface area (Å²) in [6.07, 6.45) is 9.56. The van der Waals surface area contributed by atoms with Crippen molar-refractivity contribution >= 4 is 12.4 Å². The largest absolute Gasteiger partial charge is 0.308 e. The van der Waals surface area contributed by atoms with E-state index < -0.39 is 0 Å². The number of aryl methyl sites for hydroxylation is 3. The van der Waals surface area contributed by atoms with Gasteiger partial charge in [-0.3, -0.25) is 9.36 Å². The van der Waals surface area contributed by atoms with Crippen LogP contribution in [0.15, 0.2) is 12.4 Å². The Labute approximate surface area is 138 Å². The van der Waals surface area contributed by atoms with Gasteiger partial charge in [0.05, 0.1) is 17.4 Å². The summed E-state index contributed by atoms with van der Waals surface area (Å²) in [6.45, 7) is 5.89. The van der Waals surface area contributed by atoms with Crippen molar-refractivity contribution < 1.29 is 0 Å². The van der Waals surface area contributed by atoms with Crippen molar-refractivity contribution in [1.82, 2.24) is 24.9 Å². The molecule has 0 amide bonds. The monoisotopic (exact) mass is 323 g/mol. The molecular formula is C16H26ClN5. The maximum Gasteiger partial charge on any atom is 0.0638 e. The van der Waals surface area contributed by atoms with Crippen LogP contribution in [-0.2, 0) is 20.1 Å². The predicted molar refractivity (Wildman–Crippen MR) is 90.2 cm³/mol. The van der Waals surface area contributed by atoms with Crippen LogP contribution in [0, 0.1) is 13.8 Å². The van der Waals surface area contributed by atoms with Gasteiger partial charge in [-0.25, -0.2) is 0 Å². The molecular weight excluding hydrogens is 298 g/mol. The van der Waals surface area contributed by atoms with Gasteiger partial charge >= 0.3 is 0 Å². The average Bonchev–Trinajstić information content (AvgIpc) is 3.12. The summed E-state index contributed by atoms with van der Waals surface area (Å²) in [4.78, 5) is 0. The van der Waals surface area contributed by atoms with Crippen molar-refractivity contribution in [3.63, 3.8) is 0 Å². The highest BCUT2D eigenvalue weighted by Crippen LogP contribution is 2.29. The molecule has 1 aliphatic carbocycles. The Kier molecular flexibility index (Phi) is 5.64. The first-order valence-electron chi connectivity index (χ1n) is 7.88. The second-order valence-electron chi connectivity index (χ2n) is 6.18. The van der Waals surface area contributed by atoms with E-state index in [2.05, 4.69) is 41.3 Å². The van der Waals surface area contributed by atoms with E-state index in [0.29, 0.717) is 6.04 Å². The SMILES string of the molecule is Cc1nn(C)cc1CNCc1cn(C2CCCC2)nc1C.Cl. The van der Waals surface area contributed by atoms with Crippen molar-refractivity contribution in [2.75, 3.05) is 0 Å². The van der Waals surface area contributed by atoms with Gasteiger partial charge in [-0.2, -0.15) is 10.2 Å². The molecule has 0 aromatic carbocycles. The van der Waals surface area contributed by atoms with Crippen LogP contribution >= 0.6 is 12.4 Å². The number of hydrogen-bond acceptors (Lipinski definition) is 3. The van der Waals surface area contributed by atoms with Gasteiger partial charge in [0.15, 0.2) is 0 Å². The second-order valence-corrected chi connectivity index (χ2v) is 6.18. The predicted octanol–water partition coefficient (Wildman–Crippen LogP) is 3.06. The Morgan fingerprint density at radius 3 is 2.23 bits per heavy atom. The molecule has 0 unspecified atom stereocenters. The van der Waals surface area contributed by atoms with E-state index in [1.54, 1.807) is 0 Å². The van der Waals surface area contributed by atoms with Crippen LogP contribution in [0.2, 0.25) is 0 Å². The third-order valence-corrected chi connectivity index (χ3v) is 4.46. The molecule has 2 aromatic heterocycles. The van der Waals surface area contributed by atoms with Crippen molar-refractivity contribution in [2.45, 2.75) is 58.7 Å². The molecule has 1 fully saturated rings. The highest BCUT2D eigenvalue weighted by molar-refractivity contribution is 5.85. The van der Waals surface area contributed by atoms with E-state index in [0.717, 1.165) is 24.5 Å². The molecule has 1 N–H and O–H groups in total. The van der Waals surface area contributed by atoms with Crippen molar-refractivity contribution in [1.29, 1.82) is 0 Å². The van der Waals surface area contributed by atoms with Crippen LogP contribution in [0.25, 0.3) is 0 Å². The lowest BCUT2D eigenvalue weighted by Crippen LogP contribution is -2.13. The third-order valence-electron chi connectivity index (χ3n) is 4.46. The van der Waals surface area contributed by atoms with Crippen LogP contribution in [-0.4, -0.2) is 19.6 Å². The van der Waals surface area contributed by atoms with Crippen LogP contribution in [0.5, 0.6) is 0 Å². The molecule has 0 radical (unpaired) electrons. The Morgan fingerprint density at radius 1 is 1.05 bits per heavy atom. The number of nitrogens with one attached hydrogen (secondary N) is 1. The van der Waals surface area contributed by atoms with E-state index in [1.165, 1.54) is 36.8 Å². The molecule has 1 aliphatic rings. The first kappa shape index (κ1) is 17.0. The smallest absolute Gasteiger partial charge is 0.0638 e. The van der Waals surface area contributed by atoms with Gasteiger partial charge in [-0.05, 0) is 26.7 Å². The van der Waals surface area contributed by atoms with Gasteiger partial charge in [0, 0.05) is 43.7 Å². The van der Waals surface area contributed by atoms with Gasteiger partial charge in [0.25, 0.3) is 0 Å². The zero-order valence-corrected chi connectivity index (χ0v) is 14.5. The fourth-order valence-corrected chi connectivity index (χ4v) is 3.20. The number of nitrogens with zero attached hydrogens (tertiary/aromatic N) is 4. The van der Waals surface area contributed by atoms with Crippen molar-refractivity contribution in [2.24, 2.45) is 7.05 Å². The zero-order valence-electron chi connectivity index (χ0n) is 13.7. The van der Waals surface area contributed by atoms with Gasteiger partial charge in [-0.1, -0.05) is 12.8 Å². The summed E-state index contributed by atoms with van der Waals surface area (Å²) in [7, 11) is 1.96. The summed E-state index contributed by atoms with van der Waals surface area (Å²) < 4.78 is 4.06. The highest BCUT2D eigenvalue weighted by Gasteiger charge is 2.18. The minimum Gasteiger partial charge on any atom is -0.308 e. The van der Waals surface area contributed by atoms with E-state index in [1.807, 2.05) is 11.7 Å². The summed E-state index contributed by atoms with van der Waals surface area (Å²) >= 11 is 0. The molecule has 2 aromatic rings. The molecule has 2 heterocycles. The van der Waals surface area contributed by atoms with E-state index in [-0.39, 0.29) is 12.4 Å². The minimum atomic E-state index is 0. The maximum atomic E-state index is 4.70. The van der Waals surface area contributed by atoms with Crippen LogP contribution in [0.3, 0.4) is 0 Å². The molecule has 22 heavy (non-hydrogen) atoms. The van der Waals surface area contributed by atoms with Gasteiger partial charge in [0.1, 0.15) is 0 Å². The van der Waals surface area contributed by atoms with Crippen LogP contribution in [0.4, 0.5) is 0 Å². The number of rotatable bonds is 5. The zero-order chi connectivity index (χ0) is 14.8. The lowest BCUT2D eigenvalue weighted by atomic mass is 10.2. The standard InChI is InChI=1S/C16H25N5.ClH/c1-12-14(10-20(3)18-12)8-17-9-15-11-21(19-13(15)2)16-6-4-5-7-16;/h10-11,16-17H,4-9H2,1-3H3;1H. The molecule has 0 saturated heterocycles. The molecule has 6 heteroatoms. The molecule has 1 saturated carbocycles. The Morgan fingerprint density at radius 2 is 1.64 bits per heavy atom. The van der Waals surface area contributed by atoms with Crippen molar-refractivity contribution in [3.05, 3.63) is 34.9 Å². The van der Waals surface area contributed by atoms with Crippen LogP contribution in [0.1, 0.15) is 54.2 Å². The summed E-state index contributed by atoms with van der Waals surface area (Å²) in [5.74, 6) is 0. The Hall–Kier alpha value is -1.33. The summed E-state index contributed by atoms with van der Waals surface area (Å²) in [5, 5.41) is 12.6. The lowest BCUT2D eigenvalue weighted by Gasteiger charge is -2.08. The van der Waals surface area contributed by atoms with E-state index in [9.17, 15) is 0 Å². The number of halogens is 1. The molecule has 3 rings (SSSR count). The molecule has 0 bridgehead atoms. The molecule has 0 atom stereocenters. The Balaban J connectivity index is 0.00000176. The van der Waals surface area contributed by atoms with Gasteiger partial charge < -0.3 is 5.32 Å². The maximum absolute atomic E-state index is 4.70. The second kappa shape index (κ2) is 7.29. The summed E-state index contributed by atoms with van der Waals surface area (Å²) in [5.41, 5.74) is 4.82. The Bertz CT molecular complexity index is 610. The first-order valence-corrected chi connectivity index (χ1v) is 7.88. The molecule has 0 spiro atoms. The summed E-state index contributed by atoms with van der Waals surface area (Å²) in [6, 6.07) is 0.623. The quantitative estimate of drug-likeness (QED) is 0.920. The topological polar surface area (TPSA) is 47.7 Å². The van der Waals surface area contributed by atoms with Gasteiger partial charge in [0.2, 0.25) is 0 Å². The van der Waals surface area contributed by atoms with E-state index in [4.69, 9.17) is 5.10 Å². The molecule has 122 valence electrons. The van der Waals surface area contributed by atoms with Gasteiger partial charge in [-0.15, -0.1) is 12.4 Å². The fourth-order valence-electron chi connectivity index (χ4n) is 3.20.